The van der Waals surface area contributed by atoms with Gasteiger partial charge in [-0.25, -0.2) is 0 Å². The molecule has 1 amide bonds. The van der Waals surface area contributed by atoms with Crippen molar-refractivity contribution in [3.05, 3.63) is 40.8 Å². The van der Waals surface area contributed by atoms with E-state index in [0.29, 0.717) is 15.8 Å². The summed E-state index contributed by atoms with van der Waals surface area (Å²) in [6, 6.07) is 9.53. The second-order valence-electron chi connectivity index (χ2n) is 4.75. The molecule has 0 atom stereocenters. The average molecular weight is 335 g/mol. The van der Waals surface area contributed by atoms with Crippen molar-refractivity contribution in [2.24, 2.45) is 0 Å². The minimum Gasteiger partial charge on any atom is -0.464 e. The van der Waals surface area contributed by atoms with E-state index in [-0.39, 0.29) is 12.5 Å². The van der Waals surface area contributed by atoms with Crippen LogP contribution in [0.3, 0.4) is 0 Å². The Morgan fingerprint density at radius 1 is 1.36 bits per heavy atom. The number of unbranched alkanes of at least 4 members (excludes halogenated alkanes) is 1. The molecule has 0 radical (unpaired) electrons. The molecule has 1 heterocycles. The Morgan fingerprint density at radius 2 is 2.09 bits per heavy atom. The molecule has 1 aliphatic heterocycles. The van der Waals surface area contributed by atoms with Crippen molar-refractivity contribution in [1.29, 1.82) is 0 Å². The van der Waals surface area contributed by atoms with Crippen LogP contribution in [-0.2, 0) is 14.3 Å². The fourth-order valence-electron chi connectivity index (χ4n) is 1.84. The van der Waals surface area contributed by atoms with Crippen molar-refractivity contribution < 1.29 is 14.3 Å². The van der Waals surface area contributed by atoms with Crippen molar-refractivity contribution in [3.8, 4) is 0 Å². The summed E-state index contributed by atoms with van der Waals surface area (Å²) in [7, 11) is 0. The van der Waals surface area contributed by atoms with Crippen LogP contribution in [0.2, 0.25) is 0 Å². The molecule has 1 fully saturated rings. The molecule has 0 N–H and O–H groups in total. The van der Waals surface area contributed by atoms with Crippen LogP contribution < -0.4 is 0 Å². The molecule has 0 aliphatic carbocycles. The zero-order valence-corrected chi connectivity index (χ0v) is 13.9. The Kier molecular flexibility index (Phi) is 6.15. The van der Waals surface area contributed by atoms with Gasteiger partial charge in [0.1, 0.15) is 10.9 Å². The largest absolute Gasteiger partial charge is 0.464 e. The van der Waals surface area contributed by atoms with Crippen LogP contribution in [0.25, 0.3) is 6.08 Å². The van der Waals surface area contributed by atoms with E-state index in [0.717, 1.165) is 18.4 Å². The molecule has 0 saturated carbocycles. The van der Waals surface area contributed by atoms with Crippen molar-refractivity contribution in [3.63, 3.8) is 0 Å². The first-order valence-electron chi connectivity index (χ1n) is 7.08. The summed E-state index contributed by atoms with van der Waals surface area (Å²) < 4.78 is 5.46. The zero-order chi connectivity index (χ0) is 15.9. The summed E-state index contributed by atoms with van der Waals surface area (Å²) >= 11 is 6.39. The first-order chi connectivity index (χ1) is 10.6. The molecule has 0 bridgehead atoms. The molecule has 1 aromatic rings. The van der Waals surface area contributed by atoms with Crippen molar-refractivity contribution in [1.82, 2.24) is 4.90 Å². The van der Waals surface area contributed by atoms with E-state index in [4.69, 9.17) is 17.0 Å². The summed E-state index contributed by atoms with van der Waals surface area (Å²) in [6.45, 7) is 2.27. The summed E-state index contributed by atoms with van der Waals surface area (Å²) in [4.78, 5) is 25.9. The number of nitrogens with zero attached hydrogens (tertiary/aromatic N) is 1. The van der Waals surface area contributed by atoms with Gasteiger partial charge in [0, 0.05) is 0 Å². The standard InChI is InChI=1S/C16H17NO3S2/c1-2-3-9-20-14(18)11-17-15(19)13(22-16(17)21)10-12-7-5-4-6-8-12/h4-8,10H,2-3,9,11H2,1H3/b13-10-. The van der Waals surface area contributed by atoms with Crippen LogP contribution in [0, 0.1) is 0 Å². The lowest BCUT2D eigenvalue weighted by atomic mass is 10.2. The van der Waals surface area contributed by atoms with E-state index < -0.39 is 5.97 Å². The predicted molar refractivity (Wildman–Crippen MR) is 92.2 cm³/mol. The number of ether oxygens (including phenoxy) is 1. The Labute approximate surface area is 139 Å². The maximum absolute atomic E-state index is 12.3. The Bertz CT molecular complexity index is 599. The lowest BCUT2D eigenvalue weighted by Gasteiger charge is -2.13. The van der Waals surface area contributed by atoms with Gasteiger partial charge in [0.2, 0.25) is 0 Å². The highest BCUT2D eigenvalue weighted by Gasteiger charge is 2.33. The summed E-state index contributed by atoms with van der Waals surface area (Å²) in [5, 5.41) is 0. The number of rotatable bonds is 6. The van der Waals surface area contributed by atoms with Crippen LogP contribution in [0.1, 0.15) is 25.3 Å². The van der Waals surface area contributed by atoms with E-state index >= 15 is 0 Å². The second-order valence-corrected chi connectivity index (χ2v) is 6.43. The van der Waals surface area contributed by atoms with Gasteiger partial charge >= 0.3 is 5.97 Å². The molecule has 4 nitrogen and oxygen atoms in total. The summed E-state index contributed by atoms with van der Waals surface area (Å²) in [5.74, 6) is -0.669. The molecule has 1 saturated heterocycles. The number of hydrogen-bond acceptors (Lipinski definition) is 5. The number of hydrogen-bond donors (Lipinski definition) is 0. The van der Waals surface area contributed by atoms with E-state index in [1.807, 2.05) is 37.3 Å². The molecule has 22 heavy (non-hydrogen) atoms. The fraction of sp³-hybridized carbons (Fsp3) is 0.312. The third-order valence-corrected chi connectivity index (χ3v) is 4.40. The topological polar surface area (TPSA) is 46.6 Å². The highest BCUT2D eigenvalue weighted by Crippen LogP contribution is 2.32. The maximum atomic E-state index is 12.3. The lowest BCUT2D eigenvalue weighted by molar-refractivity contribution is -0.146. The summed E-state index contributed by atoms with van der Waals surface area (Å²) in [5.41, 5.74) is 0.925. The number of amides is 1. The smallest absolute Gasteiger partial charge is 0.326 e. The normalized spacial score (nSPS) is 16.4. The van der Waals surface area contributed by atoms with Gasteiger partial charge in [0.25, 0.3) is 5.91 Å². The van der Waals surface area contributed by atoms with Gasteiger partial charge in [0.05, 0.1) is 11.5 Å². The van der Waals surface area contributed by atoms with Crippen molar-refractivity contribution >= 4 is 46.3 Å². The molecule has 116 valence electrons. The molecule has 0 aromatic heterocycles. The number of carbonyl (C=O) groups is 2. The van der Waals surface area contributed by atoms with Crippen LogP contribution >= 0.6 is 24.0 Å². The van der Waals surface area contributed by atoms with Crippen molar-refractivity contribution in [2.75, 3.05) is 13.2 Å². The quantitative estimate of drug-likeness (QED) is 0.346. The zero-order valence-electron chi connectivity index (χ0n) is 12.3. The van der Waals surface area contributed by atoms with Gasteiger partial charge in [-0.05, 0) is 18.1 Å². The van der Waals surface area contributed by atoms with Gasteiger partial charge in [-0.15, -0.1) is 0 Å². The monoisotopic (exact) mass is 335 g/mol. The van der Waals surface area contributed by atoms with Crippen LogP contribution in [0.5, 0.6) is 0 Å². The Balaban J connectivity index is 2.00. The summed E-state index contributed by atoms with van der Waals surface area (Å²) in [6.07, 6.45) is 3.55. The minimum absolute atomic E-state index is 0.124. The van der Waals surface area contributed by atoms with Crippen LogP contribution in [-0.4, -0.2) is 34.2 Å². The molecule has 0 spiro atoms. The Hall–Kier alpha value is -1.66. The van der Waals surface area contributed by atoms with Gasteiger partial charge in [0.15, 0.2) is 0 Å². The predicted octanol–water partition coefficient (Wildman–Crippen LogP) is 3.23. The van der Waals surface area contributed by atoms with E-state index in [9.17, 15) is 9.59 Å². The minimum atomic E-state index is -0.425. The maximum Gasteiger partial charge on any atom is 0.326 e. The molecule has 2 rings (SSSR count). The molecular weight excluding hydrogens is 318 g/mol. The van der Waals surface area contributed by atoms with Gasteiger partial charge in [-0.1, -0.05) is 67.7 Å². The first-order valence-corrected chi connectivity index (χ1v) is 8.30. The highest BCUT2D eigenvalue weighted by molar-refractivity contribution is 8.26. The first kappa shape index (κ1) is 16.7. The third kappa shape index (κ3) is 4.42. The second kappa shape index (κ2) is 8.10. The third-order valence-electron chi connectivity index (χ3n) is 3.02. The molecule has 1 aromatic carbocycles. The van der Waals surface area contributed by atoms with E-state index in [1.165, 1.54) is 16.7 Å². The van der Waals surface area contributed by atoms with E-state index in [1.54, 1.807) is 6.08 Å². The van der Waals surface area contributed by atoms with Crippen molar-refractivity contribution in [2.45, 2.75) is 19.8 Å². The van der Waals surface area contributed by atoms with Gasteiger partial charge in [-0.3, -0.25) is 14.5 Å². The Morgan fingerprint density at radius 3 is 2.77 bits per heavy atom. The van der Waals surface area contributed by atoms with Gasteiger partial charge in [-0.2, -0.15) is 0 Å². The number of benzene rings is 1. The highest BCUT2D eigenvalue weighted by atomic mass is 32.2. The van der Waals surface area contributed by atoms with Gasteiger partial charge < -0.3 is 4.74 Å². The number of thiocarbonyl (C=S) groups is 1. The SMILES string of the molecule is CCCCOC(=O)CN1C(=O)/C(=C/c2ccccc2)SC1=S. The van der Waals surface area contributed by atoms with E-state index in [2.05, 4.69) is 0 Å². The van der Waals surface area contributed by atoms with Crippen LogP contribution in [0.15, 0.2) is 35.2 Å². The molecule has 6 heteroatoms. The number of esters is 1. The lowest BCUT2D eigenvalue weighted by Crippen LogP contribution is -2.34. The molecule has 0 unspecified atom stereocenters. The molecular formula is C16H17NO3S2. The number of carbonyl (C=O) groups excluding carboxylic acids is 2. The average Bonchev–Trinajstić information content (AvgIpc) is 2.76. The van der Waals surface area contributed by atoms with Crippen LogP contribution in [0.4, 0.5) is 0 Å². The molecule has 1 aliphatic rings. The number of thioether (sulfide) groups is 1. The fourth-order valence-corrected chi connectivity index (χ4v) is 3.10.